The summed E-state index contributed by atoms with van der Waals surface area (Å²) < 4.78 is 6.70. The van der Waals surface area contributed by atoms with Crippen LogP contribution in [0.15, 0.2) is 54.6 Å². The lowest BCUT2D eigenvalue weighted by Crippen LogP contribution is -2.26. The van der Waals surface area contributed by atoms with Crippen LogP contribution in [0.2, 0.25) is 0 Å². The lowest BCUT2D eigenvalue weighted by Gasteiger charge is -2.15. The van der Waals surface area contributed by atoms with Gasteiger partial charge in [-0.15, -0.1) is 0 Å². The fourth-order valence-electron chi connectivity index (χ4n) is 4.64. The fraction of sp³-hybridized carbons (Fsp3) is 0.250. The SMILES string of the molecule is Cc1c(/C=C/C2=[N+](C)c3ccccc3C2(C)C)c2nc3ccccc3n2n1C. The highest BCUT2D eigenvalue weighted by molar-refractivity contribution is 6.05. The maximum absolute atomic E-state index is 4.90. The Kier molecular flexibility index (Phi) is 3.45. The summed E-state index contributed by atoms with van der Waals surface area (Å²) >= 11 is 0. The van der Waals surface area contributed by atoms with E-state index in [1.807, 2.05) is 6.07 Å². The summed E-state index contributed by atoms with van der Waals surface area (Å²) in [5.74, 6) is 0. The molecule has 0 atom stereocenters. The minimum Gasteiger partial charge on any atom is -0.286 e. The molecule has 0 saturated heterocycles. The molecule has 2 aromatic heterocycles. The highest BCUT2D eigenvalue weighted by Crippen LogP contribution is 2.39. The topological polar surface area (TPSA) is 25.2 Å². The van der Waals surface area contributed by atoms with Crippen LogP contribution in [-0.4, -0.2) is 31.5 Å². The van der Waals surface area contributed by atoms with Crippen molar-refractivity contribution in [2.45, 2.75) is 26.2 Å². The first-order valence-electron chi connectivity index (χ1n) is 9.73. The Balaban J connectivity index is 1.68. The van der Waals surface area contributed by atoms with E-state index in [1.54, 1.807) is 0 Å². The second-order valence-electron chi connectivity index (χ2n) is 8.18. The van der Waals surface area contributed by atoms with Crippen molar-refractivity contribution in [3.63, 3.8) is 0 Å². The van der Waals surface area contributed by atoms with Gasteiger partial charge in [0.25, 0.3) is 0 Å². The predicted molar refractivity (Wildman–Crippen MR) is 116 cm³/mol. The molecule has 0 N–H and O–H groups in total. The van der Waals surface area contributed by atoms with E-state index in [0.717, 1.165) is 16.7 Å². The number of hydrogen-bond acceptors (Lipinski definition) is 1. The monoisotopic (exact) mass is 369 g/mol. The fourth-order valence-corrected chi connectivity index (χ4v) is 4.64. The number of aryl methyl sites for hydroxylation is 1. The summed E-state index contributed by atoms with van der Waals surface area (Å²) in [6.45, 7) is 6.75. The maximum atomic E-state index is 4.90. The van der Waals surface area contributed by atoms with E-state index in [-0.39, 0.29) is 5.41 Å². The van der Waals surface area contributed by atoms with Crippen LogP contribution in [0.5, 0.6) is 0 Å². The number of benzene rings is 2. The van der Waals surface area contributed by atoms with E-state index in [0.29, 0.717) is 0 Å². The van der Waals surface area contributed by atoms with E-state index in [2.05, 4.69) is 103 Å². The van der Waals surface area contributed by atoms with Crippen LogP contribution < -0.4 is 0 Å². The minimum absolute atomic E-state index is 0.0268. The van der Waals surface area contributed by atoms with Crippen molar-refractivity contribution in [1.82, 2.24) is 14.2 Å². The molecule has 0 saturated carbocycles. The van der Waals surface area contributed by atoms with Crippen LogP contribution in [-0.2, 0) is 12.5 Å². The van der Waals surface area contributed by atoms with Gasteiger partial charge in [-0.1, -0.05) is 30.3 Å². The first-order valence-corrected chi connectivity index (χ1v) is 9.73. The van der Waals surface area contributed by atoms with E-state index >= 15 is 0 Å². The van der Waals surface area contributed by atoms with Gasteiger partial charge in [0, 0.05) is 36.0 Å². The van der Waals surface area contributed by atoms with Crippen molar-refractivity contribution >= 4 is 34.2 Å². The van der Waals surface area contributed by atoms with E-state index < -0.39 is 0 Å². The Morgan fingerprint density at radius 3 is 2.50 bits per heavy atom. The average Bonchev–Trinajstić information content (AvgIpc) is 3.24. The van der Waals surface area contributed by atoms with Gasteiger partial charge in [-0.2, -0.15) is 4.58 Å². The van der Waals surface area contributed by atoms with Gasteiger partial charge >= 0.3 is 0 Å². The molecule has 1 aliphatic heterocycles. The molecule has 0 aliphatic carbocycles. The Morgan fingerprint density at radius 2 is 1.71 bits per heavy atom. The number of nitrogens with zero attached hydrogens (tertiary/aromatic N) is 4. The number of fused-ring (bicyclic) bond motifs is 4. The number of para-hydroxylation sites is 3. The standard InChI is InChI=1S/C24H25N4/c1-16-17(23-25-19-11-7-9-13-21(19)28(23)27(16)5)14-15-22-24(2,3)18-10-6-8-12-20(18)26(22)4/h6-15H,1-5H3/q+1. The first kappa shape index (κ1) is 17.0. The minimum atomic E-state index is -0.0268. The number of rotatable bonds is 2. The average molecular weight is 369 g/mol. The Labute approximate surface area is 165 Å². The quantitative estimate of drug-likeness (QED) is 0.464. The van der Waals surface area contributed by atoms with Gasteiger partial charge in [0.2, 0.25) is 5.69 Å². The third kappa shape index (κ3) is 2.12. The third-order valence-corrected chi connectivity index (χ3v) is 6.30. The van der Waals surface area contributed by atoms with Crippen LogP contribution in [0.4, 0.5) is 5.69 Å². The van der Waals surface area contributed by atoms with Crippen LogP contribution in [0.3, 0.4) is 0 Å². The van der Waals surface area contributed by atoms with Gasteiger partial charge in [-0.25, -0.2) is 9.50 Å². The molecule has 0 fully saturated rings. The molecule has 0 spiro atoms. The number of hydrogen-bond donors (Lipinski definition) is 0. The van der Waals surface area contributed by atoms with Gasteiger partial charge < -0.3 is 0 Å². The number of aromatic nitrogens is 3. The Morgan fingerprint density at radius 1 is 1.00 bits per heavy atom. The highest BCUT2D eigenvalue weighted by atomic mass is 15.4. The van der Waals surface area contributed by atoms with Gasteiger partial charge in [-0.3, -0.25) is 4.68 Å². The zero-order chi connectivity index (χ0) is 19.6. The van der Waals surface area contributed by atoms with Gasteiger partial charge in [0.1, 0.15) is 7.05 Å². The van der Waals surface area contributed by atoms with Gasteiger partial charge in [0.05, 0.1) is 16.4 Å². The van der Waals surface area contributed by atoms with Crippen LogP contribution in [0.25, 0.3) is 22.8 Å². The second kappa shape index (κ2) is 5.68. The predicted octanol–water partition coefficient (Wildman–Crippen LogP) is 4.85. The summed E-state index contributed by atoms with van der Waals surface area (Å²) in [6.07, 6.45) is 4.50. The first-order chi connectivity index (χ1) is 13.4. The smallest absolute Gasteiger partial charge is 0.209 e. The van der Waals surface area contributed by atoms with E-state index in [1.165, 1.54) is 28.2 Å². The Bertz CT molecular complexity index is 1310. The molecule has 5 rings (SSSR count). The van der Waals surface area contributed by atoms with Crippen molar-refractivity contribution in [1.29, 1.82) is 0 Å². The molecule has 4 nitrogen and oxygen atoms in total. The second-order valence-corrected chi connectivity index (χ2v) is 8.18. The van der Waals surface area contributed by atoms with Crippen LogP contribution in [0.1, 0.15) is 30.7 Å². The number of allylic oxidation sites excluding steroid dienone is 1. The Hall–Kier alpha value is -3.14. The molecule has 2 aromatic carbocycles. The van der Waals surface area contributed by atoms with E-state index in [4.69, 9.17) is 4.98 Å². The van der Waals surface area contributed by atoms with Crippen molar-refractivity contribution in [3.8, 4) is 0 Å². The number of imidazole rings is 1. The maximum Gasteiger partial charge on any atom is 0.209 e. The third-order valence-electron chi connectivity index (χ3n) is 6.30. The summed E-state index contributed by atoms with van der Waals surface area (Å²) in [6, 6.07) is 17.0. The largest absolute Gasteiger partial charge is 0.286 e. The van der Waals surface area contributed by atoms with Crippen LogP contribution >= 0.6 is 0 Å². The molecule has 0 amide bonds. The normalized spacial score (nSPS) is 16.0. The molecule has 0 unspecified atom stereocenters. The highest BCUT2D eigenvalue weighted by Gasteiger charge is 2.42. The van der Waals surface area contributed by atoms with Crippen molar-refractivity contribution < 1.29 is 4.58 Å². The van der Waals surface area contributed by atoms with Crippen LogP contribution in [0, 0.1) is 6.92 Å². The molecule has 3 heterocycles. The molecule has 0 bridgehead atoms. The zero-order valence-electron chi connectivity index (χ0n) is 17.1. The lowest BCUT2D eigenvalue weighted by molar-refractivity contribution is -0.401. The summed E-state index contributed by atoms with van der Waals surface area (Å²) in [5, 5.41) is 0. The summed E-state index contributed by atoms with van der Waals surface area (Å²) in [4.78, 5) is 4.90. The zero-order valence-corrected chi connectivity index (χ0v) is 17.1. The van der Waals surface area contributed by atoms with Crippen molar-refractivity contribution in [2.24, 2.45) is 7.05 Å². The van der Waals surface area contributed by atoms with Crippen molar-refractivity contribution in [2.75, 3.05) is 7.05 Å². The van der Waals surface area contributed by atoms with Gasteiger partial charge in [-0.05, 0) is 39.0 Å². The molecule has 1 aliphatic rings. The molecule has 140 valence electrons. The molecule has 4 aromatic rings. The lowest BCUT2D eigenvalue weighted by atomic mass is 9.81. The molecule has 4 heteroatoms. The summed E-state index contributed by atoms with van der Waals surface area (Å²) in [5.41, 5.74) is 9.49. The molecule has 0 radical (unpaired) electrons. The molecular formula is C24H25N4+. The summed E-state index contributed by atoms with van der Waals surface area (Å²) in [7, 11) is 4.26. The molecule has 28 heavy (non-hydrogen) atoms. The van der Waals surface area contributed by atoms with E-state index in [9.17, 15) is 0 Å². The van der Waals surface area contributed by atoms with Gasteiger partial charge in [0.15, 0.2) is 11.4 Å². The van der Waals surface area contributed by atoms with Crippen molar-refractivity contribution in [3.05, 3.63) is 71.4 Å². The molecular weight excluding hydrogens is 344 g/mol.